The van der Waals surface area contributed by atoms with Crippen LogP contribution in [-0.2, 0) is 0 Å². The van der Waals surface area contributed by atoms with Crippen molar-refractivity contribution < 1.29 is 5.21 Å². The van der Waals surface area contributed by atoms with Gasteiger partial charge in [0.15, 0.2) is 0 Å². The summed E-state index contributed by atoms with van der Waals surface area (Å²) in [6.07, 6.45) is 3.20. The van der Waals surface area contributed by atoms with Gasteiger partial charge in [0.1, 0.15) is 0 Å². The summed E-state index contributed by atoms with van der Waals surface area (Å²) in [6, 6.07) is 0.306. The lowest BCUT2D eigenvalue weighted by molar-refractivity contribution is 0.119. The van der Waals surface area contributed by atoms with Crippen LogP contribution in [0.4, 0.5) is 0 Å². The van der Waals surface area contributed by atoms with Gasteiger partial charge in [-0.25, -0.2) is 5.48 Å². The lowest BCUT2D eigenvalue weighted by Gasteiger charge is -2.08. The Kier molecular flexibility index (Phi) is 5.01. The van der Waals surface area contributed by atoms with Crippen molar-refractivity contribution in [2.45, 2.75) is 39.2 Å². The van der Waals surface area contributed by atoms with E-state index in [2.05, 4.69) is 19.3 Å². The highest BCUT2D eigenvalue weighted by atomic mass is 16.5. The Morgan fingerprint density at radius 2 is 2.12 bits per heavy atom. The maximum atomic E-state index is 8.41. The van der Waals surface area contributed by atoms with Gasteiger partial charge in [0.25, 0.3) is 0 Å². The van der Waals surface area contributed by atoms with Crippen LogP contribution in [0.3, 0.4) is 0 Å². The molecule has 8 heavy (non-hydrogen) atoms. The topological polar surface area (TPSA) is 32.3 Å². The third kappa shape index (κ3) is 2.99. The molecule has 2 nitrogen and oxygen atoms in total. The van der Waals surface area contributed by atoms with Crippen molar-refractivity contribution in [2.75, 3.05) is 0 Å². The molecule has 0 aliphatic heterocycles. The molecule has 0 radical (unpaired) electrons. The maximum absolute atomic E-state index is 8.41. The van der Waals surface area contributed by atoms with Crippen LogP contribution in [0, 0.1) is 0 Å². The van der Waals surface area contributed by atoms with E-state index in [1.165, 1.54) is 0 Å². The summed E-state index contributed by atoms with van der Waals surface area (Å²) in [6.45, 7) is 4.17. The summed E-state index contributed by atoms with van der Waals surface area (Å²) < 4.78 is 0. The maximum Gasteiger partial charge on any atom is 0.0317 e. The fourth-order valence-electron chi connectivity index (χ4n) is 0.708. The Bertz CT molecular complexity index is 43.8. The Morgan fingerprint density at radius 3 is 2.25 bits per heavy atom. The minimum Gasteiger partial charge on any atom is -0.317 e. The van der Waals surface area contributed by atoms with E-state index in [9.17, 15) is 0 Å². The molecule has 0 aromatic rings. The zero-order valence-electron chi connectivity index (χ0n) is 5.65. The second-order valence-electron chi connectivity index (χ2n) is 2.02. The predicted octanol–water partition coefficient (Wildman–Crippen LogP) is 1.54. The molecule has 0 fully saturated rings. The van der Waals surface area contributed by atoms with Gasteiger partial charge in [-0.3, -0.25) is 0 Å². The van der Waals surface area contributed by atoms with E-state index in [0.717, 1.165) is 19.3 Å². The molecule has 0 aromatic heterocycles. The molecule has 0 saturated carbocycles. The molecule has 0 aromatic carbocycles. The molecule has 0 aliphatic rings. The monoisotopic (exact) mass is 117 g/mol. The summed E-state index contributed by atoms with van der Waals surface area (Å²) >= 11 is 0. The Balaban J connectivity index is 3.07. The number of nitrogens with one attached hydrogen (secondary N) is 1. The molecule has 0 amide bonds. The van der Waals surface area contributed by atoms with Crippen molar-refractivity contribution in [3.63, 3.8) is 0 Å². The largest absolute Gasteiger partial charge is 0.317 e. The minimum atomic E-state index is 0.306. The van der Waals surface area contributed by atoms with E-state index in [0.29, 0.717) is 6.04 Å². The third-order valence-electron chi connectivity index (χ3n) is 1.31. The van der Waals surface area contributed by atoms with Gasteiger partial charge in [0.2, 0.25) is 0 Å². The van der Waals surface area contributed by atoms with Gasteiger partial charge in [0, 0.05) is 6.04 Å². The zero-order chi connectivity index (χ0) is 6.41. The van der Waals surface area contributed by atoms with Crippen LogP contribution in [0.2, 0.25) is 0 Å². The van der Waals surface area contributed by atoms with Gasteiger partial charge in [-0.2, -0.15) is 0 Å². The van der Waals surface area contributed by atoms with Crippen molar-refractivity contribution in [1.82, 2.24) is 5.48 Å². The van der Waals surface area contributed by atoms with E-state index in [-0.39, 0.29) is 0 Å². The van der Waals surface area contributed by atoms with Crippen molar-refractivity contribution in [2.24, 2.45) is 0 Å². The highest BCUT2D eigenvalue weighted by Gasteiger charge is 1.99. The average molecular weight is 117 g/mol. The standard InChI is InChI=1S/C6H15NO/c1-3-5-6(4-2)7-8/h6-8H,3-5H2,1-2H3. The highest BCUT2D eigenvalue weighted by Crippen LogP contribution is 1.98. The molecule has 1 atom stereocenters. The Labute approximate surface area is 50.9 Å². The van der Waals surface area contributed by atoms with E-state index in [1.54, 1.807) is 0 Å². The fourth-order valence-corrected chi connectivity index (χ4v) is 0.708. The van der Waals surface area contributed by atoms with Gasteiger partial charge in [-0.15, -0.1) is 0 Å². The van der Waals surface area contributed by atoms with Crippen LogP contribution in [0.15, 0.2) is 0 Å². The van der Waals surface area contributed by atoms with E-state index < -0.39 is 0 Å². The summed E-state index contributed by atoms with van der Waals surface area (Å²) in [7, 11) is 0. The smallest absolute Gasteiger partial charge is 0.0317 e. The molecule has 0 aliphatic carbocycles. The molecule has 0 saturated heterocycles. The van der Waals surface area contributed by atoms with Crippen LogP contribution >= 0.6 is 0 Å². The molecule has 50 valence electrons. The first kappa shape index (κ1) is 7.92. The fraction of sp³-hybridized carbons (Fsp3) is 1.00. The van der Waals surface area contributed by atoms with Crippen LogP contribution in [0.1, 0.15) is 33.1 Å². The second-order valence-corrected chi connectivity index (χ2v) is 2.02. The van der Waals surface area contributed by atoms with Gasteiger partial charge >= 0.3 is 0 Å². The summed E-state index contributed by atoms with van der Waals surface area (Å²) in [5.74, 6) is 0. The number of hydroxylamine groups is 1. The average Bonchev–Trinajstić information content (AvgIpc) is 1.83. The SMILES string of the molecule is CCCC(CC)NO. The van der Waals surface area contributed by atoms with E-state index in [4.69, 9.17) is 5.21 Å². The Morgan fingerprint density at radius 1 is 1.50 bits per heavy atom. The van der Waals surface area contributed by atoms with Gasteiger partial charge in [0.05, 0.1) is 0 Å². The molecular formula is C6H15NO. The molecule has 0 rings (SSSR count). The van der Waals surface area contributed by atoms with Crippen LogP contribution in [0.5, 0.6) is 0 Å². The highest BCUT2D eigenvalue weighted by molar-refractivity contribution is 4.56. The van der Waals surface area contributed by atoms with Crippen LogP contribution < -0.4 is 5.48 Å². The first-order chi connectivity index (χ1) is 3.85. The molecular weight excluding hydrogens is 102 g/mol. The summed E-state index contributed by atoms with van der Waals surface area (Å²) in [5, 5.41) is 8.41. The lowest BCUT2D eigenvalue weighted by atomic mass is 10.1. The van der Waals surface area contributed by atoms with Crippen molar-refractivity contribution in [3.05, 3.63) is 0 Å². The molecule has 2 N–H and O–H groups in total. The van der Waals surface area contributed by atoms with Gasteiger partial charge < -0.3 is 5.21 Å². The van der Waals surface area contributed by atoms with Gasteiger partial charge in [-0.1, -0.05) is 20.3 Å². The molecule has 2 heteroatoms. The molecule has 0 spiro atoms. The van der Waals surface area contributed by atoms with Gasteiger partial charge in [-0.05, 0) is 12.8 Å². The van der Waals surface area contributed by atoms with Crippen molar-refractivity contribution >= 4 is 0 Å². The van der Waals surface area contributed by atoms with E-state index >= 15 is 0 Å². The summed E-state index contributed by atoms with van der Waals surface area (Å²) in [5.41, 5.74) is 2.25. The Hall–Kier alpha value is -0.0800. The molecule has 0 bridgehead atoms. The van der Waals surface area contributed by atoms with Crippen molar-refractivity contribution in [1.29, 1.82) is 0 Å². The molecule has 0 heterocycles. The summed E-state index contributed by atoms with van der Waals surface area (Å²) in [4.78, 5) is 0. The molecule has 1 unspecified atom stereocenters. The normalized spacial score (nSPS) is 13.9. The van der Waals surface area contributed by atoms with E-state index in [1.807, 2.05) is 0 Å². The number of hydrogen-bond acceptors (Lipinski definition) is 2. The number of rotatable bonds is 4. The number of hydrogen-bond donors (Lipinski definition) is 2. The lowest BCUT2D eigenvalue weighted by Crippen LogP contribution is -2.24. The minimum absolute atomic E-state index is 0.306. The third-order valence-corrected chi connectivity index (χ3v) is 1.31. The van der Waals surface area contributed by atoms with Crippen LogP contribution in [0.25, 0.3) is 0 Å². The quantitative estimate of drug-likeness (QED) is 0.547. The second kappa shape index (κ2) is 5.06. The zero-order valence-corrected chi connectivity index (χ0v) is 5.65. The first-order valence-corrected chi connectivity index (χ1v) is 3.24. The van der Waals surface area contributed by atoms with Crippen LogP contribution in [-0.4, -0.2) is 11.2 Å². The van der Waals surface area contributed by atoms with Crippen molar-refractivity contribution in [3.8, 4) is 0 Å². The predicted molar refractivity (Wildman–Crippen MR) is 33.9 cm³/mol. The first-order valence-electron chi connectivity index (χ1n) is 3.24.